The normalized spacial score (nSPS) is 13.9. The van der Waals surface area contributed by atoms with E-state index in [0.717, 1.165) is 22.6 Å². The molecule has 0 bridgehead atoms. The van der Waals surface area contributed by atoms with E-state index in [9.17, 15) is 9.18 Å². The van der Waals surface area contributed by atoms with Crippen LogP contribution in [-0.2, 0) is 12.8 Å². The molecule has 0 spiro atoms. The number of carbonyl (C=O) groups excluding carboxylic acids is 1. The summed E-state index contributed by atoms with van der Waals surface area (Å²) in [6.07, 6.45) is 0.973. The zero-order valence-electron chi connectivity index (χ0n) is 20.4. The second-order valence-corrected chi connectivity index (χ2v) is 9.38. The van der Waals surface area contributed by atoms with Gasteiger partial charge in [0.25, 0.3) is 0 Å². The quantitative estimate of drug-likeness (QED) is 0.502. The molecule has 1 aliphatic heterocycles. The van der Waals surface area contributed by atoms with E-state index in [1.165, 1.54) is 6.07 Å². The highest BCUT2D eigenvalue weighted by Crippen LogP contribution is 2.31. The molecule has 184 valence electrons. The molecule has 6 nitrogen and oxygen atoms in total. The molecular formula is C27H31ClFN5O. The van der Waals surface area contributed by atoms with Crippen LogP contribution >= 0.6 is 11.6 Å². The SMILES string of the molecule is CCc1nc(-c2ccccc2)nc(N2CCN(C(=O)NC(C)C)CC2)c1Cc1c(F)cccc1Cl. The molecule has 0 aliphatic carbocycles. The van der Waals surface area contributed by atoms with Crippen molar-refractivity contribution in [2.24, 2.45) is 0 Å². The van der Waals surface area contributed by atoms with Gasteiger partial charge < -0.3 is 15.1 Å². The minimum atomic E-state index is -0.340. The van der Waals surface area contributed by atoms with Crippen molar-refractivity contribution in [3.05, 3.63) is 76.2 Å². The van der Waals surface area contributed by atoms with Crippen molar-refractivity contribution in [1.29, 1.82) is 0 Å². The van der Waals surface area contributed by atoms with Crippen LogP contribution < -0.4 is 10.2 Å². The van der Waals surface area contributed by atoms with Crippen molar-refractivity contribution in [2.75, 3.05) is 31.1 Å². The maximum Gasteiger partial charge on any atom is 0.317 e. The lowest BCUT2D eigenvalue weighted by Gasteiger charge is -2.37. The Bertz CT molecular complexity index is 1160. The van der Waals surface area contributed by atoms with Gasteiger partial charge in [0.15, 0.2) is 5.82 Å². The number of nitrogens with zero attached hydrogens (tertiary/aromatic N) is 4. The third kappa shape index (κ3) is 5.73. The molecular weight excluding hydrogens is 465 g/mol. The second-order valence-electron chi connectivity index (χ2n) is 8.97. The first kappa shape index (κ1) is 24.9. The van der Waals surface area contributed by atoms with E-state index in [1.54, 1.807) is 12.1 Å². The van der Waals surface area contributed by atoms with E-state index >= 15 is 0 Å². The fourth-order valence-corrected chi connectivity index (χ4v) is 4.54. The van der Waals surface area contributed by atoms with Gasteiger partial charge in [-0.2, -0.15) is 0 Å². The number of carbonyl (C=O) groups is 1. The summed E-state index contributed by atoms with van der Waals surface area (Å²) in [5, 5.41) is 3.35. The van der Waals surface area contributed by atoms with Crippen LogP contribution in [0.5, 0.6) is 0 Å². The van der Waals surface area contributed by atoms with E-state index < -0.39 is 0 Å². The maximum atomic E-state index is 14.7. The fraction of sp³-hybridized carbons (Fsp3) is 0.370. The Hall–Kier alpha value is -3.19. The number of benzene rings is 2. The Morgan fingerprint density at radius 1 is 1.03 bits per heavy atom. The average molecular weight is 496 g/mol. The minimum Gasteiger partial charge on any atom is -0.353 e. The molecule has 0 saturated carbocycles. The number of anilines is 1. The predicted molar refractivity (Wildman–Crippen MR) is 139 cm³/mol. The number of hydrogen-bond donors (Lipinski definition) is 1. The molecule has 3 aromatic rings. The number of nitrogens with one attached hydrogen (secondary N) is 1. The van der Waals surface area contributed by atoms with Gasteiger partial charge in [-0.3, -0.25) is 0 Å². The van der Waals surface area contributed by atoms with E-state index in [4.69, 9.17) is 21.6 Å². The van der Waals surface area contributed by atoms with Gasteiger partial charge >= 0.3 is 6.03 Å². The number of rotatable bonds is 6. The number of hydrogen-bond acceptors (Lipinski definition) is 4. The number of amides is 2. The van der Waals surface area contributed by atoms with Crippen LogP contribution in [0.3, 0.4) is 0 Å². The first-order valence-corrected chi connectivity index (χ1v) is 12.4. The molecule has 0 radical (unpaired) electrons. The molecule has 4 rings (SSSR count). The molecule has 2 aromatic carbocycles. The van der Waals surface area contributed by atoms with Crippen LogP contribution in [0.1, 0.15) is 37.6 Å². The molecule has 2 amide bonds. The standard InChI is InChI=1S/C27H31ClFN5O/c1-4-24-21(17-20-22(28)11-8-12-23(20)29)26(32-25(31-24)19-9-6-5-7-10-19)33-13-15-34(16-14-33)27(35)30-18(2)3/h5-12,18H,4,13-17H2,1-3H3,(H,30,35). The Balaban J connectivity index is 1.73. The van der Waals surface area contributed by atoms with Crippen molar-refractivity contribution in [3.63, 3.8) is 0 Å². The van der Waals surface area contributed by atoms with Crippen molar-refractivity contribution in [1.82, 2.24) is 20.2 Å². The summed E-state index contributed by atoms with van der Waals surface area (Å²) >= 11 is 6.39. The largest absolute Gasteiger partial charge is 0.353 e. The van der Waals surface area contributed by atoms with Crippen LogP contribution in [0.2, 0.25) is 5.02 Å². The van der Waals surface area contributed by atoms with Gasteiger partial charge in [0, 0.05) is 66.0 Å². The molecule has 1 N–H and O–H groups in total. The van der Waals surface area contributed by atoms with Crippen LogP contribution in [0.4, 0.5) is 15.0 Å². The topological polar surface area (TPSA) is 61.4 Å². The summed E-state index contributed by atoms with van der Waals surface area (Å²) in [5.41, 5.74) is 3.11. The highest BCUT2D eigenvalue weighted by Gasteiger charge is 2.26. The number of aryl methyl sites for hydroxylation is 1. The lowest BCUT2D eigenvalue weighted by Crippen LogP contribution is -2.53. The van der Waals surface area contributed by atoms with Gasteiger partial charge in [0.1, 0.15) is 11.6 Å². The monoisotopic (exact) mass is 495 g/mol. The Morgan fingerprint density at radius 2 is 1.74 bits per heavy atom. The van der Waals surface area contributed by atoms with E-state index in [2.05, 4.69) is 10.2 Å². The number of halogens is 2. The first-order chi connectivity index (χ1) is 16.9. The molecule has 1 aliphatic rings. The number of piperazine rings is 1. The third-order valence-corrected chi connectivity index (χ3v) is 6.49. The van der Waals surface area contributed by atoms with E-state index in [-0.39, 0.29) is 17.9 Å². The Labute approximate surface area is 211 Å². The second kappa shape index (κ2) is 11.0. The molecule has 1 fully saturated rings. The van der Waals surface area contributed by atoms with Crippen molar-refractivity contribution in [3.8, 4) is 11.4 Å². The predicted octanol–water partition coefficient (Wildman–Crippen LogP) is 5.33. The highest BCUT2D eigenvalue weighted by molar-refractivity contribution is 6.31. The van der Waals surface area contributed by atoms with Gasteiger partial charge in [-0.15, -0.1) is 0 Å². The van der Waals surface area contributed by atoms with Gasteiger partial charge in [0.2, 0.25) is 0 Å². The zero-order chi connectivity index (χ0) is 24.9. The zero-order valence-corrected chi connectivity index (χ0v) is 21.1. The van der Waals surface area contributed by atoms with Crippen LogP contribution in [-0.4, -0.2) is 53.1 Å². The average Bonchev–Trinajstić information content (AvgIpc) is 2.86. The highest BCUT2D eigenvalue weighted by atomic mass is 35.5. The summed E-state index contributed by atoms with van der Waals surface area (Å²) in [6.45, 7) is 8.34. The maximum absolute atomic E-state index is 14.7. The van der Waals surface area contributed by atoms with Crippen molar-refractivity contribution >= 4 is 23.4 Å². The van der Waals surface area contributed by atoms with E-state index in [1.807, 2.05) is 56.0 Å². The van der Waals surface area contributed by atoms with Gasteiger partial charge in [-0.05, 0) is 32.4 Å². The van der Waals surface area contributed by atoms with E-state index in [0.29, 0.717) is 55.4 Å². The smallest absolute Gasteiger partial charge is 0.317 e. The molecule has 8 heteroatoms. The van der Waals surface area contributed by atoms with Crippen LogP contribution in [0.25, 0.3) is 11.4 Å². The Morgan fingerprint density at radius 3 is 2.37 bits per heavy atom. The van der Waals surface area contributed by atoms with Crippen LogP contribution in [0.15, 0.2) is 48.5 Å². The summed E-state index contributed by atoms with van der Waals surface area (Å²) in [4.78, 5) is 26.3. The Kier molecular flexibility index (Phi) is 7.86. The van der Waals surface area contributed by atoms with Crippen LogP contribution in [0, 0.1) is 5.82 Å². The molecule has 1 saturated heterocycles. The lowest BCUT2D eigenvalue weighted by molar-refractivity contribution is 0.191. The summed E-state index contributed by atoms with van der Waals surface area (Å²) in [5.74, 6) is 1.08. The van der Waals surface area contributed by atoms with Crippen molar-refractivity contribution in [2.45, 2.75) is 39.7 Å². The molecule has 1 aromatic heterocycles. The number of aromatic nitrogens is 2. The summed E-state index contributed by atoms with van der Waals surface area (Å²) < 4.78 is 14.7. The molecule has 0 atom stereocenters. The van der Waals surface area contributed by atoms with Gasteiger partial charge in [0.05, 0.1) is 0 Å². The third-order valence-electron chi connectivity index (χ3n) is 6.13. The summed E-state index contributed by atoms with van der Waals surface area (Å²) in [6, 6.07) is 14.6. The van der Waals surface area contributed by atoms with Gasteiger partial charge in [-0.25, -0.2) is 19.2 Å². The molecule has 35 heavy (non-hydrogen) atoms. The lowest BCUT2D eigenvalue weighted by atomic mass is 10.0. The summed E-state index contributed by atoms with van der Waals surface area (Å²) in [7, 11) is 0. The van der Waals surface area contributed by atoms with Gasteiger partial charge in [-0.1, -0.05) is 54.9 Å². The number of urea groups is 1. The first-order valence-electron chi connectivity index (χ1n) is 12.1. The molecule has 2 heterocycles. The minimum absolute atomic E-state index is 0.0556. The van der Waals surface area contributed by atoms with Crippen molar-refractivity contribution < 1.29 is 9.18 Å². The molecule has 0 unspecified atom stereocenters. The fourth-order valence-electron chi connectivity index (χ4n) is 4.31.